The maximum Gasteiger partial charge on any atom is 0.268 e. The van der Waals surface area contributed by atoms with E-state index in [1.165, 1.54) is 18.5 Å². The molecule has 2 amide bonds. The van der Waals surface area contributed by atoms with Gasteiger partial charge in [0.2, 0.25) is 5.91 Å². The van der Waals surface area contributed by atoms with Crippen molar-refractivity contribution in [1.82, 2.24) is 25.0 Å². The first kappa shape index (κ1) is 21.1. The van der Waals surface area contributed by atoms with E-state index in [0.717, 1.165) is 16.0 Å². The van der Waals surface area contributed by atoms with E-state index in [1.807, 2.05) is 19.2 Å². The number of nitriles is 1. The second-order valence-electron chi connectivity index (χ2n) is 7.11. The smallest absolute Gasteiger partial charge is 0.268 e. The Morgan fingerprint density at radius 3 is 2.83 bits per heavy atom. The Balaban J connectivity index is 1.71. The fraction of sp³-hybridized carbons (Fsp3) is 0.350. The van der Waals surface area contributed by atoms with E-state index in [2.05, 4.69) is 15.4 Å². The van der Waals surface area contributed by atoms with Gasteiger partial charge in [-0.1, -0.05) is 0 Å². The first-order chi connectivity index (χ1) is 14.2. The van der Waals surface area contributed by atoms with Gasteiger partial charge in [0, 0.05) is 48.7 Å². The molecule has 2 aromatic rings. The van der Waals surface area contributed by atoms with Crippen LogP contribution in [-0.4, -0.2) is 56.5 Å². The Labute approximate surface area is 171 Å². The fourth-order valence-electron chi connectivity index (χ4n) is 3.30. The molecule has 0 aliphatic carbocycles. The second kappa shape index (κ2) is 8.41. The molecule has 0 unspecified atom stereocenters. The molecule has 3 heterocycles. The van der Waals surface area contributed by atoms with E-state index in [1.54, 1.807) is 24.0 Å². The number of nitrogens with zero attached hydrogens (tertiary/aromatic N) is 5. The quantitative estimate of drug-likeness (QED) is 0.804. The normalized spacial score (nSPS) is 18.2. The van der Waals surface area contributed by atoms with Crippen LogP contribution in [0.4, 0.5) is 8.78 Å². The molecular weight excluding hydrogens is 394 g/mol. The highest BCUT2D eigenvalue weighted by molar-refractivity contribution is 6.01. The number of amides is 2. The van der Waals surface area contributed by atoms with Gasteiger partial charge in [-0.05, 0) is 24.6 Å². The fourth-order valence-corrected chi connectivity index (χ4v) is 3.30. The number of hydrogen-bond acceptors (Lipinski definition) is 5. The van der Waals surface area contributed by atoms with Crippen molar-refractivity contribution < 1.29 is 18.4 Å². The molecule has 10 heteroatoms. The summed E-state index contributed by atoms with van der Waals surface area (Å²) in [6, 6.07) is 2.02. The average Bonchev–Trinajstić information content (AvgIpc) is 3.27. The number of pyridine rings is 1. The van der Waals surface area contributed by atoms with Crippen molar-refractivity contribution in [2.45, 2.75) is 25.3 Å². The summed E-state index contributed by atoms with van der Waals surface area (Å²) in [4.78, 5) is 29.8. The van der Waals surface area contributed by atoms with Gasteiger partial charge in [0.1, 0.15) is 6.04 Å². The summed E-state index contributed by atoms with van der Waals surface area (Å²) in [6.07, 6.45) is 7.62. The number of carbonyl (C=O) groups is 2. The lowest BCUT2D eigenvalue weighted by Gasteiger charge is -2.19. The molecular formula is C20H20F2N6O2. The lowest BCUT2D eigenvalue weighted by molar-refractivity contribution is -0.131. The van der Waals surface area contributed by atoms with Crippen LogP contribution in [0.15, 0.2) is 30.9 Å². The topological polar surface area (TPSA) is 104 Å². The minimum absolute atomic E-state index is 0.291. The number of alkyl halides is 2. The van der Waals surface area contributed by atoms with Gasteiger partial charge in [0.05, 0.1) is 25.4 Å². The Kier molecular flexibility index (Phi) is 5.91. The lowest BCUT2D eigenvalue weighted by atomic mass is 10.0. The summed E-state index contributed by atoms with van der Waals surface area (Å²) >= 11 is 0. The molecule has 0 saturated carbocycles. The van der Waals surface area contributed by atoms with Gasteiger partial charge in [-0.3, -0.25) is 19.3 Å². The van der Waals surface area contributed by atoms with Gasteiger partial charge in [-0.15, -0.1) is 0 Å². The highest BCUT2D eigenvalue weighted by Crippen LogP contribution is 2.31. The summed E-state index contributed by atoms with van der Waals surface area (Å²) in [5.74, 6) is -4.38. The van der Waals surface area contributed by atoms with E-state index in [9.17, 15) is 18.4 Å². The highest BCUT2D eigenvalue weighted by Gasteiger charge is 2.47. The number of nitrogens with one attached hydrogen (secondary N) is 1. The van der Waals surface area contributed by atoms with E-state index in [0.29, 0.717) is 11.1 Å². The van der Waals surface area contributed by atoms with Crippen LogP contribution in [0.2, 0.25) is 0 Å². The van der Waals surface area contributed by atoms with Gasteiger partial charge in [-0.25, -0.2) is 8.78 Å². The minimum Gasteiger partial charge on any atom is -0.343 e. The number of halogens is 2. The van der Waals surface area contributed by atoms with Crippen molar-refractivity contribution in [3.05, 3.63) is 47.5 Å². The van der Waals surface area contributed by atoms with Crippen LogP contribution in [0.25, 0.3) is 11.6 Å². The molecule has 3 rings (SSSR count). The van der Waals surface area contributed by atoms with Crippen molar-refractivity contribution in [2.75, 3.05) is 13.1 Å². The summed E-state index contributed by atoms with van der Waals surface area (Å²) in [5, 5.41) is 15.6. The molecule has 1 atom stereocenters. The van der Waals surface area contributed by atoms with Crippen LogP contribution < -0.4 is 5.32 Å². The van der Waals surface area contributed by atoms with Gasteiger partial charge >= 0.3 is 0 Å². The number of likely N-dealkylation sites (tertiary alicyclic amines) is 1. The van der Waals surface area contributed by atoms with E-state index < -0.39 is 43.3 Å². The van der Waals surface area contributed by atoms with Crippen molar-refractivity contribution in [3.8, 4) is 6.07 Å². The third-order valence-electron chi connectivity index (χ3n) is 4.74. The molecule has 1 fully saturated rings. The number of hydrogen-bond donors (Lipinski definition) is 1. The maximum atomic E-state index is 13.5. The number of aryl methyl sites for hydroxylation is 1. The number of allylic oxidation sites excluding steroid dienone is 1. The summed E-state index contributed by atoms with van der Waals surface area (Å²) < 4.78 is 28.7. The predicted octanol–water partition coefficient (Wildman–Crippen LogP) is 1.87. The molecule has 0 spiro atoms. The maximum absolute atomic E-state index is 13.5. The number of carbonyl (C=O) groups excluding carboxylic acids is 2. The molecule has 0 bridgehead atoms. The first-order valence-electron chi connectivity index (χ1n) is 9.16. The van der Waals surface area contributed by atoms with Gasteiger partial charge < -0.3 is 10.2 Å². The van der Waals surface area contributed by atoms with E-state index in [-0.39, 0.29) is 0 Å². The molecule has 1 N–H and O–H groups in total. The van der Waals surface area contributed by atoms with Crippen molar-refractivity contribution >= 4 is 23.5 Å². The van der Waals surface area contributed by atoms with Gasteiger partial charge in [0.15, 0.2) is 0 Å². The third kappa shape index (κ3) is 4.68. The second-order valence-corrected chi connectivity index (χ2v) is 7.11. The largest absolute Gasteiger partial charge is 0.343 e. The summed E-state index contributed by atoms with van der Waals surface area (Å²) in [5.41, 5.74) is 2.46. The van der Waals surface area contributed by atoms with Crippen molar-refractivity contribution in [2.24, 2.45) is 7.05 Å². The van der Waals surface area contributed by atoms with Gasteiger partial charge in [0.25, 0.3) is 11.8 Å². The molecule has 1 aliphatic heterocycles. The Morgan fingerprint density at radius 2 is 2.17 bits per heavy atom. The SMILES string of the molecule is C/C(=C\c1cnn(C)c1)c1cnccc1C(=O)NCC(=O)N1CC(F)(F)C[C@H]1C#N. The molecule has 0 aromatic carbocycles. The Hall–Kier alpha value is -3.61. The zero-order valence-corrected chi connectivity index (χ0v) is 16.5. The molecule has 8 nitrogen and oxygen atoms in total. The third-order valence-corrected chi connectivity index (χ3v) is 4.74. The summed E-state index contributed by atoms with van der Waals surface area (Å²) in [6.45, 7) is 0.503. The van der Waals surface area contributed by atoms with Crippen LogP contribution in [-0.2, 0) is 11.8 Å². The average molecular weight is 414 g/mol. The van der Waals surface area contributed by atoms with Crippen LogP contribution in [0.5, 0.6) is 0 Å². The zero-order chi connectivity index (χ0) is 21.9. The van der Waals surface area contributed by atoms with Crippen LogP contribution in [0.3, 0.4) is 0 Å². The lowest BCUT2D eigenvalue weighted by Crippen LogP contribution is -2.43. The monoisotopic (exact) mass is 414 g/mol. The zero-order valence-electron chi connectivity index (χ0n) is 16.5. The van der Waals surface area contributed by atoms with E-state index in [4.69, 9.17) is 5.26 Å². The van der Waals surface area contributed by atoms with Gasteiger partial charge in [-0.2, -0.15) is 10.4 Å². The minimum atomic E-state index is -3.10. The van der Waals surface area contributed by atoms with E-state index >= 15 is 0 Å². The Morgan fingerprint density at radius 1 is 1.40 bits per heavy atom. The van der Waals surface area contributed by atoms with Crippen molar-refractivity contribution in [1.29, 1.82) is 5.26 Å². The molecule has 2 aromatic heterocycles. The molecule has 1 saturated heterocycles. The summed E-state index contributed by atoms with van der Waals surface area (Å²) in [7, 11) is 1.79. The predicted molar refractivity (Wildman–Crippen MR) is 104 cm³/mol. The van der Waals surface area contributed by atoms with Crippen LogP contribution >= 0.6 is 0 Å². The number of aromatic nitrogens is 3. The van der Waals surface area contributed by atoms with Crippen LogP contribution in [0.1, 0.15) is 34.8 Å². The molecule has 156 valence electrons. The highest BCUT2D eigenvalue weighted by atomic mass is 19.3. The molecule has 1 aliphatic rings. The number of rotatable bonds is 5. The Bertz CT molecular complexity index is 1040. The first-order valence-corrected chi connectivity index (χ1v) is 9.16. The van der Waals surface area contributed by atoms with Crippen LogP contribution in [0, 0.1) is 11.3 Å². The standard InChI is InChI=1S/C20H20F2N6O2/c1-13(5-14-8-26-27(2)11-14)17-9-24-4-3-16(17)19(30)25-10-18(29)28-12-20(21,22)6-15(28)7-23/h3-5,8-9,11,15H,6,10,12H2,1-2H3,(H,25,30)/b13-5+/t15-/m0/s1. The molecule has 30 heavy (non-hydrogen) atoms. The van der Waals surface area contributed by atoms with Crippen molar-refractivity contribution in [3.63, 3.8) is 0 Å². The molecule has 0 radical (unpaired) electrons.